The summed E-state index contributed by atoms with van der Waals surface area (Å²) in [7, 11) is 0. The van der Waals surface area contributed by atoms with Crippen molar-refractivity contribution in [1.29, 1.82) is 0 Å². The van der Waals surface area contributed by atoms with E-state index in [1.54, 1.807) is 5.56 Å². The van der Waals surface area contributed by atoms with Crippen LogP contribution in [0.25, 0.3) is 11.1 Å². The van der Waals surface area contributed by atoms with E-state index in [0.717, 1.165) is 18.6 Å². The van der Waals surface area contributed by atoms with Crippen LogP contribution in [0.2, 0.25) is 0 Å². The largest absolute Gasteiger partial charge is 0.489 e. The molecule has 124 valence electrons. The van der Waals surface area contributed by atoms with Gasteiger partial charge in [0.05, 0.1) is 0 Å². The van der Waals surface area contributed by atoms with Gasteiger partial charge >= 0.3 is 0 Å². The van der Waals surface area contributed by atoms with E-state index in [0.29, 0.717) is 12.6 Å². The fourth-order valence-corrected chi connectivity index (χ4v) is 4.36. The smallest absolute Gasteiger partial charge is 0.127 e. The Kier molecular flexibility index (Phi) is 4.15. The number of rotatable bonds is 5. The Morgan fingerprint density at radius 1 is 1.21 bits per heavy atom. The average Bonchev–Trinajstić information content (AvgIpc) is 2.62. The summed E-state index contributed by atoms with van der Waals surface area (Å²) in [5, 5.41) is 0. The van der Waals surface area contributed by atoms with Gasteiger partial charge in [0.15, 0.2) is 0 Å². The maximum Gasteiger partial charge on any atom is 0.127 e. The predicted molar refractivity (Wildman–Crippen MR) is 99.6 cm³/mol. The molecular weight excluding hydrogens is 294 g/mol. The van der Waals surface area contributed by atoms with Crippen LogP contribution in [0, 0.1) is 0 Å². The lowest BCUT2D eigenvalue weighted by Gasteiger charge is -2.42. The van der Waals surface area contributed by atoms with Crippen LogP contribution in [0.4, 0.5) is 0 Å². The first-order valence-electron chi connectivity index (χ1n) is 9.05. The van der Waals surface area contributed by atoms with Crippen molar-refractivity contribution in [3.63, 3.8) is 0 Å². The minimum atomic E-state index is 0.520. The average molecular weight is 319 g/mol. The Hall–Kier alpha value is -2.06. The summed E-state index contributed by atoms with van der Waals surface area (Å²) in [4.78, 5) is 2.67. The summed E-state index contributed by atoms with van der Waals surface area (Å²) in [5.74, 6) is 0.992. The van der Waals surface area contributed by atoms with Crippen LogP contribution in [-0.4, -0.2) is 24.6 Å². The van der Waals surface area contributed by atoms with Crippen LogP contribution in [-0.2, 0) is 12.8 Å². The molecule has 2 aromatic carbocycles. The predicted octanol–water partition coefficient (Wildman–Crippen LogP) is 4.78. The molecule has 0 radical (unpaired) electrons. The van der Waals surface area contributed by atoms with Crippen LogP contribution < -0.4 is 4.74 Å². The van der Waals surface area contributed by atoms with Gasteiger partial charge in [0, 0.05) is 18.2 Å². The van der Waals surface area contributed by atoms with Crippen LogP contribution in [0.15, 0.2) is 49.1 Å². The zero-order valence-electron chi connectivity index (χ0n) is 14.4. The van der Waals surface area contributed by atoms with Crippen molar-refractivity contribution in [2.75, 3.05) is 19.7 Å². The lowest BCUT2D eigenvalue weighted by atomic mass is 9.77. The Bertz CT molecular complexity index is 765. The van der Waals surface area contributed by atoms with Crippen molar-refractivity contribution >= 4 is 0 Å². The highest BCUT2D eigenvalue weighted by Gasteiger charge is 2.34. The maximum atomic E-state index is 5.98. The molecule has 0 amide bonds. The summed E-state index contributed by atoms with van der Waals surface area (Å²) in [5.41, 5.74) is 7.15. The first kappa shape index (κ1) is 15.5. The van der Waals surface area contributed by atoms with Crippen molar-refractivity contribution in [2.45, 2.75) is 32.2 Å². The highest BCUT2D eigenvalue weighted by atomic mass is 16.5. The standard InChI is InChI=1S/C22H25NO/c1-3-12-23-13-11-16-7-5-9-18-21(16)19(23)15-17-8-6-10-20(22(17)18)24-14-4-2/h4-10,19H,2-3,11-15H2,1H3/t19-/m1/s1. The first-order chi connectivity index (χ1) is 11.8. The molecule has 1 atom stereocenters. The Morgan fingerprint density at radius 2 is 2.04 bits per heavy atom. The lowest BCUT2D eigenvalue weighted by molar-refractivity contribution is 0.183. The molecule has 0 bridgehead atoms. The van der Waals surface area contributed by atoms with Crippen LogP contribution >= 0.6 is 0 Å². The van der Waals surface area contributed by atoms with Gasteiger partial charge in [0.2, 0.25) is 0 Å². The Morgan fingerprint density at radius 3 is 2.88 bits per heavy atom. The molecule has 1 aliphatic heterocycles. The molecule has 0 saturated heterocycles. The molecule has 0 N–H and O–H groups in total. The minimum Gasteiger partial charge on any atom is -0.489 e. The van der Waals surface area contributed by atoms with E-state index >= 15 is 0 Å². The summed E-state index contributed by atoms with van der Waals surface area (Å²) in [6.45, 7) is 8.97. The number of nitrogens with zero attached hydrogens (tertiary/aromatic N) is 1. The van der Waals surface area contributed by atoms with Crippen molar-refractivity contribution in [3.05, 3.63) is 65.7 Å². The third-order valence-electron chi connectivity index (χ3n) is 5.30. The lowest BCUT2D eigenvalue weighted by Crippen LogP contribution is -2.38. The molecule has 24 heavy (non-hydrogen) atoms. The first-order valence-corrected chi connectivity index (χ1v) is 9.05. The summed E-state index contributed by atoms with van der Waals surface area (Å²) >= 11 is 0. The molecule has 0 aromatic heterocycles. The molecule has 2 aromatic rings. The Labute approximate surface area is 144 Å². The second kappa shape index (κ2) is 6.45. The SMILES string of the molecule is C=CCOc1cccc2c1-c1cccc3c1[C@@H](C2)N(CCC)CC3. The van der Waals surface area contributed by atoms with Crippen molar-refractivity contribution in [3.8, 4) is 16.9 Å². The zero-order chi connectivity index (χ0) is 16.5. The van der Waals surface area contributed by atoms with Crippen LogP contribution in [0.5, 0.6) is 5.75 Å². The van der Waals surface area contributed by atoms with Crippen LogP contribution in [0.3, 0.4) is 0 Å². The second-order valence-electron chi connectivity index (χ2n) is 6.77. The highest BCUT2D eigenvalue weighted by Crippen LogP contribution is 2.48. The number of hydrogen-bond donors (Lipinski definition) is 0. The van der Waals surface area contributed by atoms with E-state index in [1.165, 1.54) is 41.8 Å². The highest BCUT2D eigenvalue weighted by molar-refractivity contribution is 5.80. The zero-order valence-corrected chi connectivity index (χ0v) is 14.4. The second-order valence-corrected chi connectivity index (χ2v) is 6.77. The summed E-state index contributed by atoms with van der Waals surface area (Å²) in [6.07, 6.45) is 5.27. The molecule has 0 spiro atoms. The van der Waals surface area contributed by atoms with Gasteiger partial charge < -0.3 is 4.74 Å². The van der Waals surface area contributed by atoms with E-state index in [9.17, 15) is 0 Å². The van der Waals surface area contributed by atoms with Gasteiger partial charge in [-0.25, -0.2) is 0 Å². The van der Waals surface area contributed by atoms with E-state index in [1.807, 2.05) is 6.08 Å². The van der Waals surface area contributed by atoms with Crippen molar-refractivity contribution in [2.24, 2.45) is 0 Å². The molecule has 0 unspecified atom stereocenters. The molecule has 0 fully saturated rings. The number of ether oxygens (including phenoxy) is 1. The fourth-order valence-electron chi connectivity index (χ4n) is 4.36. The quantitative estimate of drug-likeness (QED) is 0.735. The minimum absolute atomic E-state index is 0.520. The van der Waals surface area contributed by atoms with Crippen molar-refractivity contribution < 1.29 is 4.74 Å². The van der Waals surface area contributed by atoms with Gasteiger partial charge in [-0.05, 0) is 54.1 Å². The van der Waals surface area contributed by atoms with E-state index in [4.69, 9.17) is 4.74 Å². The molecule has 4 rings (SSSR count). The maximum absolute atomic E-state index is 5.98. The van der Waals surface area contributed by atoms with Gasteiger partial charge in [0.1, 0.15) is 12.4 Å². The van der Waals surface area contributed by atoms with Gasteiger partial charge in [-0.3, -0.25) is 4.90 Å². The van der Waals surface area contributed by atoms with Crippen LogP contribution in [0.1, 0.15) is 36.1 Å². The van der Waals surface area contributed by atoms with E-state index in [2.05, 4.69) is 54.8 Å². The van der Waals surface area contributed by atoms with E-state index in [-0.39, 0.29) is 0 Å². The summed E-state index contributed by atoms with van der Waals surface area (Å²) < 4.78 is 5.98. The monoisotopic (exact) mass is 319 g/mol. The molecular formula is C22H25NO. The van der Waals surface area contributed by atoms with Gasteiger partial charge in [-0.2, -0.15) is 0 Å². The molecule has 0 saturated carbocycles. The number of benzene rings is 2. The van der Waals surface area contributed by atoms with Gasteiger partial charge in [-0.15, -0.1) is 0 Å². The number of fused-ring (bicyclic) bond motifs is 2. The number of hydrogen-bond acceptors (Lipinski definition) is 2. The molecule has 1 heterocycles. The fraction of sp³-hybridized carbons (Fsp3) is 0.364. The third-order valence-corrected chi connectivity index (χ3v) is 5.30. The molecule has 1 aliphatic carbocycles. The normalized spacial score (nSPS) is 18.6. The topological polar surface area (TPSA) is 12.5 Å². The molecule has 2 heteroatoms. The van der Waals surface area contributed by atoms with Gasteiger partial charge in [-0.1, -0.05) is 49.9 Å². The van der Waals surface area contributed by atoms with Crippen molar-refractivity contribution in [1.82, 2.24) is 4.90 Å². The third kappa shape index (κ3) is 2.46. The summed E-state index contributed by atoms with van der Waals surface area (Å²) in [6, 6.07) is 13.8. The molecule has 2 aliphatic rings. The van der Waals surface area contributed by atoms with E-state index < -0.39 is 0 Å². The van der Waals surface area contributed by atoms with Gasteiger partial charge in [0.25, 0.3) is 0 Å². The molecule has 2 nitrogen and oxygen atoms in total. The Balaban J connectivity index is 1.86.